The van der Waals surface area contributed by atoms with Crippen LogP contribution in [0.4, 0.5) is 0 Å². The van der Waals surface area contributed by atoms with Gasteiger partial charge < -0.3 is 19.4 Å². The average Bonchev–Trinajstić information content (AvgIpc) is 2.70. The third kappa shape index (κ3) is 4.58. The van der Waals surface area contributed by atoms with Gasteiger partial charge in [-0.1, -0.05) is 0 Å². The summed E-state index contributed by atoms with van der Waals surface area (Å²) in [6.07, 6.45) is 1.64. The molecule has 0 unspecified atom stereocenters. The molecular weight excluding hydrogens is 220 g/mol. The zero-order valence-electron chi connectivity index (χ0n) is 10.7. The van der Waals surface area contributed by atoms with Crippen molar-refractivity contribution in [2.24, 2.45) is 0 Å². The Kier molecular flexibility index (Phi) is 5.72. The van der Waals surface area contributed by atoms with E-state index in [4.69, 9.17) is 9.15 Å². The molecule has 0 saturated heterocycles. The van der Waals surface area contributed by atoms with Crippen molar-refractivity contribution in [3.63, 3.8) is 0 Å². The number of ether oxygens (including phenoxy) is 1. The van der Waals surface area contributed by atoms with E-state index in [1.165, 1.54) is 0 Å². The lowest BCUT2D eigenvalue weighted by atomic mass is 10.2. The number of hydrogen-bond donors (Lipinski definition) is 1. The second-order valence-electron chi connectivity index (χ2n) is 3.92. The van der Waals surface area contributed by atoms with Crippen molar-refractivity contribution in [1.82, 2.24) is 10.2 Å². The van der Waals surface area contributed by atoms with Crippen molar-refractivity contribution in [3.05, 3.63) is 23.7 Å². The molecule has 0 saturated carbocycles. The monoisotopic (exact) mass is 240 g/mol. The number of nitrogens with one attached hydrogen (secondary N) is 1. The quantitative estimate of drug-likeness (QED) is 0.716. The Balaban J connectivity index is 2.30. The molecule has 5 nitrogen and oxygen atoms in total. The van der Waals surface area contributed by atoms with Crippen molar-refractivity contribution in [3.8, 4) is 0 Å². The molecule has 1 amide bonds. The molecule has 0 aliphatic carbocycles. The number of carbonyl (C=O) groups excluding carboxylic acids is 1. The summed E-state index contributed by atoms with van der Waals surface area (Å²) in [6.45, 7) is 4.09. The fourth-order valence-electron chi connectivity index (χ4n) is 1.42. The molecule has 0 fully saturated rings. The Morgan fingerprint density at radius 3 is 2.94 bits per heavy atom. The van der Waals surface area contributed by atoms with Crippen molar-refractivity contribution in [2.45, 2.75) is 13.5 Å². The second-order valence-corrected chi connectivity index (χ2v) is 3.92. The van der Waals surface area contributed by atoms with E-state index in [0.717, 1.165) is 11.3 Å². The summed E-state index contributed by atoms with van der Waals surface area (Å²) in [4.78, 5) is 13.4. The molecule has 96 valence electrons. The highest BCUT2D eigenvalue weighted by Crippen LogP contribution is 2.10. The van der Waals surface area contributed by atoms with E-state index in [9.17, 15) is 4.79 Å². The van der Waals surface area contributed by atoms with Crippen LogP contribution in [0.5, 0.6) is 0 Å². The van der Waals surface area contributed by atoms with Crippen LogP contribution >= 0.6 is 0 Å². The first kappa shape index (κ1) is 13.7. The molecule has 1 N–H and O–H groups in total. The van der Waals surface area contributed by atoms with Crippen LogP contribution in [-0.2, 0) is 16.1 Å². The average molecular weight is 240 g/mol. The van der Waals surface area contributed by atoms with Gasteiger partial charge in [-0.05, 0) is 13.0 Å². The predicted octanol–water partition coefficient (Wildman–Crippen LogP) is 0.782. The van der Waals surface area contributed by atoms with Gasteiger partial charge in [-0.25, -0.2) is 0 Å². The number of nitrogens with zero attached hydrogens (tertiary/aromatic N) is 1. The summed E-state index contributed by atoms with van der Waals surface area (Å²) >= 11 is 0. The van der Waals surface area contributed by atoms with E-state index >= 15 is 0 Å². The Labute approximate surface area is 102 Å². The van der Waals surface area contributed by atoms with Crippen molar-refractivity contribution < 1.29 is 13.9 Å². The largest absolute Gasteiger partial charge is 0.469 e. The SMILES string of the molecule is COCCNCC(=O)N(C)Cc1ccoc1C. The molecule has 1 aromatic heterocycles. The van der Waals surface area contributed by atoms with Gasteiger partial charge in [0, 0.05) is 32.8 Å². The smallest absolute Gasteiger partial charge is 0.236 e. The van der Waals surface area contributed by atoms with Crippen molar-refractivity contribution in [1.29, 1.82) is 0 Å². The lowest BCUT2D eigenvalue weighted by Crippen LogP contribution is -2.36. The van der Waals surface area contributed by atoms with Gasteiger partial charge >= 0.3 is 0 Å². The van der Waals surface area contributed by atoms with Crippen LogP contribution < -0.4 is 5.32 Å². The highest BCUT2D eigenvalue weighted by atomic mass is 16.5. The molecule has 0 bridgehead atoms. The van der Waals surface area contributed by atoms with E-state index in [1.807, 2.05) is 13.0 Å². The fourth-order valence-corrected chi connectivity index (χ4v) is 1.42. The maximum absolute atomic E-state index is 11.7. The number of methoxy groups -OCH3 is 1. The molecule has 0 radical (unpaired) electrons. The number of likely N-dealkylation sites (N-methyl/N-ethyl adjacent to an activating group) is 1. The van der Waals surface area contributed by atoms with Gasteiger partial charge in [0.2, 0.25) is 5.91 Å². The molecule has 0 aromatic carbocycles. The Morgan fingerprint density at radius 2 is 2.35 bits per heavy atom. The summed E-state index contributed by atoms with van der Waals surface area (Å²) < 4.78 is 10.1. The van der Waals surface area contributed by atoms with Crippen molar-refractivity contribution >= 4 is 5.91 Å². The number of carbonyl (C=O) groups is 1. The molecule has 0 aliphatic rings. The molecule has 0 atom stereocenters. The van der Waals surface area contributed by atoms with Crippen LogP contribution in [0.2, 0.25) is 0 Å². The highest BCUT2D eigenvalue weighted by Gasteiger charge is 2.10. The Hall–Kier alpha value is -1.33. The fraction of sp³-hybridized carbons (Fsp3) is 0.583. The minimum Gasteiger partial charge on any atom is -0.469 e. The maximum Gasteiger partial charge on any atom is 0.236 e. The lowest BCUT2D eigenvalue weighted by Gasteiger charge is -2.17. The van der Waals surface area contributed by atoms with E-state index < -0.39 is 0 Å². The van der Waals surface area contributed by atoms with Crippen LogP contribution in [0.15, 0.2) is 16.7 Å². The van der Waals surface area contributed by atoms with E-state index in [0.29, 0.717) is 26.2 Å². The zero-order chi connectivity index (χ0) is 12.7. The third-order valence-corrected chi connectivity index (χ3v) is 2.56. The van der Waals surface area contributed by atoms with Crippen molar-refractivity contribution in [2.75, 3.05) is 33.9 Å². The second kappa shape index (κ2) is 7.09. The van der Waals surface area contributed by atoms with Gasteiger partial charge in [-0.3, -0.25) is 4.79 Å². The lowest BCUT2D eigenvalue weighted by molar-refractivity contribution is -0.129. The first-order valence-corrected chi connectivity index (χ1v) is 5.61. The van der Waals surface area contributed by atoms with Gasteiger partial charge in [0.1, 0.15) is 5.76 Å². The summed E-state index contributed by atoms with van der Waals surface area (Å²) in [7, 11) is 3.42. The number of amides is 1. The maximum atomic E-state index is 11.7. The number of furan rings is 1. The normalized spacial score (nSPS) is 10.5. The van der Waals surface area contributed by atoms with Crippen LogP contribution in [0.1, 0.15) is 11.3 Å². The highest BCUT2D eigenvalue weighted by molar-refractivity contribution is 5.77. The van der Waals surface area contributed by atoms with Crippen LogP contribution in [0.3, 0.4) is 0 Å². The van der Waals surface area contributed by atoms with Crippen LogP contribution in [-0.4, -0.2) is 44.7 Å². The van der Waals surface area contributed by atoms with Gasteiger partial charge in [0.15, 0.2) is 0 Å². The number of aryl methyl sites for hydroxylation is 1. The molecule has 0 spiro atoms. The topological polar surface area (TPSA) is 54.7 Å². The van der Waals surface area contributed by atoms with E-state index in [2.05, 4.69) is 5.32 Å². The molecule has 5 heteroatoms. The Bertz CT molecular complexity index is 349. The molecule has 0 aliphatic heterocycles. The van der Waals surface area contributed by atoms with E-state index in [1.54, 1.807) is 25.3 Å². The molecule has 1 aromatic rings. The van der Waals surface area contributed by atoms with Crippen LogP contribution in [0.25, 0.3) is 0 Å². The molecule has 1 heterocycles. The standard InChI is InChI=1S/C12H20N2O3/c1-10-11(4-6-17-10)9-14(2)12(15)8-13-5-7-16-3/h4,6,13H,5,7-9H2,1-3H3. The van der Waals surface area contributed by atoms with Gasteiger partial charge in [0.05, 0.1) is 19.4 Å². The summed E-state index contributed by atoms with van der Waals surface area (Å²) in [5.41, 5.74) is 1.04. The first-order chi connectivity index (χ1) is 8.15. The molecule has 1 rings (SSSR count). The van der Waals surface area contributed by atoms with E-state index in [-0.39, 0.29) is 5.91 Å². The molecular formula is C12H20N2O3. The summed E-state index contributed by atoms with van der Waals surface area (Å²) in [5, 5.41) is 3.02. The van der Waals surface area contributed by atoms with Crippen LogP contribution in [0, 0.1) is 6.92 Å². The molecule has 17 heavy (non-hydrogen) atoms. The minimum atomic E-state index is 0.0571. The number of hydrogen-bond acceptors (Lipinski definition) is 4. The minimum absolute atomic E-state index is 0.0571. The van der Waals surface area contributed by atoms with Gasteiger partial charge in [0.25, 0.3) is 0 Å². The van der Waals surface area contributed by atoms with Gasteiger partial charge in [-0.15, -0.1) is 0 Å². The number of rotatable bonds is 7. The zero-order valence-corrected chi connectivity index (χ0v) is 10.7. The third-order valence-electron chi connectivity index (χ3n) is 2.56. The Morgan fingerprint density at radius 1 is 1.59 bits per heavy atom. The summed E-state index contributed by atoms with van der Waals surface area (Å²) in [5.74, 6) is 0.915. The first-order valence-electron chi connectivity index (χ1n) is 5.61. The predicted molar refractivity (Wildman–Crippen MR) is 64.7 cm³/mol. The van der Waals surface area contributed by atoms with Gasteiger partial charge in [-0.2, -0.15) is 0 Å². The summed E-state index contributed by atoms with van der Waals surface area (Å²) in [6, 6.07) is 1.89.